The van der Waals surface area contributed by atoms with Crippen molar-refractivity contribution in [1.82, 2.24) is 4.90 Å². The van der Waals surface area contributed by atoms with E-state index in [1.54, 1.807) is 37.4 Å². The van der Waals surface area contributed by atoms with Crippen LogP contribution in [0.4, 0.5) is 0 Å². The van der Waals surface area contributed by atoms with E-state index in [0.717, 1.165) is 5.56 Å². The normalized spacial score (nSPS) is 9.58. The molecule has 0 aliphatic heterocycles. The lowest BCUT2D eigenvalue weighted by Gasteiger charge is -2.17. The number of ether oxygens (including phenoxy) is 2. The van der Waals surface area contributed by atoms with Crippen molar-refractivity contribution in [2.45, 2.75) is 20.3 Å². The average molecular weight is 378 g/mol. The van der Waals surface area contributed by atoms with Crippen LogP contribution >= 0.6 is 11.6 Å². The van der Waals surface area contributed by atoms with Gasteiger partial charge >= 0.3 is 5.97 Å². The van der Waals surface area contributed by atoms with Gasteiger partial charge in [0.25, 0.3) is 0 Å². The largest absolute Gasteiger partial charge is 0.468 e. The van der Waals surface area contributed by atoms with E-state index in [0.29, 0.717) is 16.5 Å². The third kappa shape index (κ3) is 6.76. The number of para-hydroxylation sites is 1. The number of likely N-dealkylation sites (N-methyl/N-ethyl adjacent to an activating group) is 1. The summed E-state index contributed by atoms with van der Waals surface area (Å²) >= 11 is 5.86. The molecule has 0 spiro atoms. The first-order chi connectivity index (χ1) is 12.5. The predicted octanol–water partition coefficient (Wildman–Crippen LogP) is 4.33. The van der Waals surface area contributed by atoms with Crippen LogP contribution in [0.3, 0.4) is 0 Å². The summed E-state index contributed by atoms with van der Waals surface area (Å²) in [6.45, 7) is 3.91. The van der Waals surface area contributed by atoms with E-state index in [-0.39, 0.29) is 18.9 Å². The quantitative estimate of drug-likeness (QED) is 0.703. The molecule has 2 rings (SSSR count). The van der Waals surface area contributed by atoms with Crippen LogP contribution in [0, 0.1) is 0 Å². The molecule has 0 aromatic heterocycles. The molecule has 0 unspecified atom stereocenters. The lowest BCUT2D eigenvalue weighted by molar-refractivity contribution is -0.145. The van der Waals surface area contributed by atoms with Crippen molar-refractivity contribution in [3.8, 4) is 11.5 Å². The monoisotopic (exact) mass is 377 g/mol. The van der Waals surface area contributed by atoms with E-state index in [9.17, 15) is 9.59 Å². The third-order valence-corrected chi connectivity index (χ3v) is 3.63. The Morgan fingerprint density at radius 2 is 1.65 bits per heavy atom. The molecule has 2 aromatic rings. The minimum atomic E-state index is -0.462. The summed E-state index contributed by atoms with van der Waals surface area (Å²) in [5, 5.41) is 0.621. The summed E-state index contributed by atoms with van der Waals surface area (Å²) in [6.07, 6.45) is 0.122. The van der Waals surface area contributed by atoms with Gasteiger partial charge in [-0.1, -0.05) is 43.6 Å². The number of carbonyl (C=O) groups is 2. The SMILES string of the molecule is CC.COC(=O)CN(C)C(=O)Cc1ccccc1Oc1ccc(Cl)cc1. The van der Waals surface area contributed by atoms with Crippen LogP contribution in [-0.4, -0.2) is 37.5 Å². The predicted molar refractivity (Wildman–Crippen MR) is 103 cm³/mol. The molecule has 0 saturated carbocycles. The van der Waals surface area contributed by atoms with Gasteiger partial charge in [-0.15, -0.1) is 0 Å². The molecular formula is C20H24ClNO4. The van der Waals surface area contributed by atoms with Gasteiger partial charge in [-0.05, 0) is 30.3 Å². The summed E-state index contributed by atoms with van der Waals surface area (Å²) in [5.41, 5.74) is 0.731. The Kier molecular flexibility index (Phi) is 9.23. The van der Waals surface area contributed by atoms with Crippen molar-refractivity contribution >= 4 is 23.5 Å². The average Bonchev–Trinajstić information content (AvgIpc) is 2.66. The zero-order valence-corrected chi connectivity index (χ0v) is 16.2. The van der Waals surface area contributed by atoms with Gasteiger partial charge in [0.1, 0.15) is 18.0 Å². The van der Waals surface area contributed by atoms with E-state index in [2.05, 4.69) is 4.74 Å². The minimum absolute atomic E-state index is 0.0878. The first kappa shape index (κ1) is 21.5. The Bertz CT molecular complexity index is 716. The summed E-state index contributed by atoms with van der Waals surface area (Å²) in [5.74, 6) is 0.547. The highest BCUT2D eigenvalue weighted by Gasteiger charge is 2.16. The van der Waals surface area contributed by atoms with Crippen LogP contribution < -0.4 is 4.74 Å². The molecule has 140 valence electrons. The van der Waals surface area contributed by atoms with Crippen LogP contribution in [0.5, 0.6) is 11.5 Å². The molecule has 0 aliphatic carbocycles. The number of hydrogen-bond donors (Lipinski definition) is 0. The van der Waals surface area contributed by atoms with Gasteiger partial charge in [-0.25, -0.2) is 0 Å². The fourth-order valence-electron chi connectivity index (χ4n) is 2.02. The summed E-state index contributed by atoms with van der Waals surface area (Å²) in [6, 6.07) is 14.2. The fraction of sp³-hybridized carbons (Fsp3) is 0.300. The van der Waals surface area contributed by atoms with Gasteiger partial charge in [0.2, 0.25) is 5.91 Å². The number of halogens is 1. The Morgan fingerprint density at radius 1 is 1.04 bits per heavy atom. The van der Waals surface area contributed by atoms with Crippen LogP contribution in [0.2, 0.25) is 5.02 Å². The Hall–Kier alpha value is -2.53. The van der Waals surface area contributed by atoms with E-state index in [1.165, 1.54) is 12.0 Å². The van der Waals surface area contributed by atoms with E-state index in [1.807, 2.05) is 32.0 Å². The van der Waals surface area contributed by atoms with E-state index < -0.39 is 5.97 Å². The van der Waals surface area contributed by atoms with Gasteiger partial charge in [-0.3, -0.25) is 9.59 Å². The highest BCUT2D eigenvalue weighted by Crippen LogP contribution is 2.26. The molecule has 0 fully saturated rings. The Morgan fingerprint density at radius 3 is 2.27 bits per heavy atom. The summed E-state index contributed by atoms with van der Waals surface area (Å²) < 4.78 is 10.4. The van der Waals surface area contributed by atoms with Gasteiger partial charge < -0.3 is 14.4 Å². The zero-order valence-electron chi connectivity index (χ0n) is 15.5. The lowest BCUT2D eigenvalue weighted by Crippen LogP contribution is -2.33. The van der Waals surface area contributed by atoms with Gasteiger partial charge in [0.15, 0.2) is 0 Å². The maximum absolute atomic E-state index is 12.3. The molecule has 26 heavy (non-hydrogen) atoms. The standard InChI is InChI=1S/C18H18ClNO4.C2H6/c1-20(12-18(22)23-2)17(21)11-13-5-3-4-6-16(13)24-15-9-7-14(19)8-10-15;1-2/h3-10H,11-12H2,1-2H3;1-2H3. The summed E-state index contributed by atoms with van der Waals surface area (Å²) in [4.78, 5) is 24.8. The van der Waals surface area contributed by atoms with Crippen molar-refractivity contribution in [2.24, 2.45) is 0 Å². The molecule has 0 N–H and O–H groups in total. The number of benzene rings is 2. The van der Waals surface area contributed by atoms with Crippen LogP contribution in [0.25, 0.3) is 0 Å². The van der Waals surface area contributed by atoms with Crippen LogP contribution in [0.15, 0.2) is 48.5 Å². The number of nitrogens with zero attached hydrogens (tertiary/aromatic N) is 1. The van der Waals surface area contributed by atoms with Crippen molar-refractivity contribution < 1.29 is 19.1 Å². The van der Waals surface area contributed by atoms with Crippen LogP contribution in [0.1, 0.15) is 19.4 Å². The second-order valence-corrected chi connectivity index (χ2v) is 5.60. The molecule has 1 amide bonds. The Balaban J connectivity index is 0.00000163. The second kappa shape index (κ2) is 11.2. The number of carbonyl (C=O) groups excluding carboxylic acids is 2. The van der Waals surface area contributed by atoms with Crippen molar-refractivity contribution in [1.29, 1.82) is 0 Å². The second-order valence-electron chi connectivity index (χ2n) is 5.17. The topological polar surface area (TPSA) is 55.8 Å². The molecule has 6 heteroatoms. The molecule has 0 bridgehead atoms. The smallest absolute Gasteiger partial charge is 0.325 e. The van der Waals surface area contributed by atoms with Crippen molar-refractivity contribution in [3.05, 3.63) is 59.1 Å². The highest BCUT2D eigenvalue weighted by molar-refractivity contribution is 6.30. The lowest BCUT2D eigenvalue weighted by atomic mass is 10.1. The summed E-state index contributed by atoms with van der Waals surface area (Å²) in [7, 11) is 2.85. The number of amides is 1. The van der Waals surface area contributed by atoms with Gasteiger partial charge in [-0.2, -0.15) is 0 Å². The van der Waals surface area contributed by atoms with E-state index >= 15 is 0 Å². The van der Waals surface area contributed by atoms with Crippen molar-refractivity contribution in [3.63, 3.8) is 0 Å². The zero-order chi connectivity index (χ0) is 19.5. The third-order valence-electron chi connectivity index (χ3n) is 3.38. The maximum atomic E-state index is 12.3. The molecule has 0 saturated heterocycles. The number of methoxy groups -OCH3 is 1. The van der Waals surface area contributed by atoms with Crippen LogP contribution in [-0.2, 0) is 20.7 Å². The molecule has 0 aliphatic rings. The molecule has 0 atom stereocenters. The first-order valence-corrected chi connectivity index (χ1v) is 8.69. The molecule has 5 nitrogen and oxygen atoms in total. The van der Waals surface area contributed by atoms with E-state index in [4.69, 9.17) is 16.3 Å². The number of rotatable bonds is 6. The minimum Gasteiger partial charge on any atom is -0.468 e. The van der Waals surface area contributed by atoms with Gasteiger partial charge in [0, 0.05) is 17.6 Å². The maximum Gasteiger partial charge on any atom is 0.325 e. The fourth-order valence-corrected chi connectivity index (χ4v) is 2.15. The number of hydrogen-bond acceptors (Lipinski definition) is 4. The highest BCUT2D eigenvalue weighted by atomic mass is 35.5. The molecular weight excluding hydrogens is 354 g/mol. The molecule has 2 aromatic carbocycles. The molecule has 0 radical (unpaired) electrons. The van der Waals surface area contributed by atoms with Gasteiger partial charge in [0.05, 0.1) is 13.5 Å². The Labute approximate surface area is 159 Å². The molecule has 0 heterocycles. The van der Waals surface area contributed by atoms with Crippen molar-refractivity contribution in [2.75, 3.05) is 20.7 Å². The first-order valence-electron chi connectivity index (χ1n) is 8.31. The number of esters is 1.